The van der Waals surface area contributed by atoms with Gasteiger partial charge in [-0.15, -0.1) is 0 Å². The average Bonchev–Trinajstić information content (AvgIpc) is 2.86. The maximum absolute atomic E-state index is 12.3. The van der Waals surface area contributed by atoms with Crippen LogP contribution in [-0.4, -0.2) is 35.8 Å². The molecule has 6 heteroatoms. The van der Waals surface area contributed by atoms with Crippen molar-refractivity contribution in [1.82, 2.24) is 9.88 Å². The molecule has 23 heavy (non-hydrogen) atoms. The van der Waals surface area contributed by atoms with E-state index in [0.717, 1.165) is 0 Å². The van der Waals surface area contributed by atoms with Crippen molar-refractivity contribution in [2.24, 2.45) is 0 Å². The fraction of sp³-hybridized carbons (Fsp3) is 0.353. The van der Waals surface area contributed by atoms with Crippen molar-refractivity contribution in [2.75, 3.05) is 19.4 Å². The van der Waals surface area contributed by atoms with Gasteiger partial charge in [0.1, 0.15) is 4.88 Å². The second kappa shape index (κ2) is 6.91. The zero-order valence-corrected chi connectivity index (χ0v) is 14.8. The molecule has 0 bridgehead atoms. The third kappa shape index (κ3) is 3.96. The minimum atomic E-state index is -0.224. The van der Waals surface area contributed by atoms with E-state index < -0.39 is 0 Å². The summed E-state index contributed by atoms with van der Waals surface area (Å²) in [6.45, 7) is 5.98. The van der Waals surface area contributed by atoms with E-state index in [9.17, 15) is 9.59 Å². The van der Waals surface area contributed by atoms with Gasteiger partial charge >= 0.3 is 0 Å². The molecule has 2 aromatic rings. The Kier molecular flexibility index (Phi) is 5.15. The number of amides is 2. The molecule has 0 radical (unpaired) electrons. The van der Waals surface area contributed by atoms with Gasteiger partial charge in [-0.1, -0.05) is 37.3 Å². The smallest absolute Gasteiger partial charge is 0.265 e. The van der Waals surface area contributed by atoms with E-state index in [0.29, 0.717) is 27.2 Å². The maximum atomic E-state index is 12.3. The van der Waals surface area contributed by atoms with Crippen LogP contribution in [0.3, 0.4) is 0 Å². The third-order valence-corrected chi connectivity index (χ3v) is 4.52. The molecule has 1 heterocycles. The van der Waals surface area contributed by atoms with Crippen LogP contribution in [0.4, 0.5) is 5.13 Å². The minimum Gasteiger partial charge on any atom is -0.344 e. The summed E-state index contributed by atoms with van der Waals surface area (Å²) in [6.07, 6.45) is 0. The highest BCUT2D eigenvalue weighted by Crippen LogP contribution is 2.24. The molecule has 0 aliphatic carbocycles. The minimum absolute atomic E-state index is 0.109. The Morgan fingerprint density at radius 1 is 1.17 bits per heavy atom. The predicted octanol–water partition coefficient (Wildman–Crippen LogP) is 3.53. The van der Waals surface area contributed by atoms with Gasteiger partial charge in [-0.3, -0.25) is 14.9 Å². The molecule has 0 aliphatic rings. The summed E-state index contributed by atoms with van der Waals surface area (Å²) >= 11 is 1.19. The lowest BCUT2D eigenvalue weighted by atomic mass is 10.0. The summed E-state index contributed by atoms with van der Waals surface area (Å²) < 4.78 is 0. The fourth-order valence-corrected chi connectivity index (χ4v) is 3.02. The number of thiazole rings is 1. The number of carbonyl (C=O) groups excluding carboxylic acids is 2. The SMILES string of the molecule is Cc1nc(NC(=O)c2ccc(C(C)C)cc2)sc1C(=O)N(C)C. The van der Waals surface area contributed by atoms with Crippen LogP contribution in [0.15, 0.2) is 24.3 Å². The van der Waals surface area contributed by atoms with E-state index in [4.69, 9.17) is 0 Å². The third-order valence-electron chi connectivity index (χ3n) is 3.46. The van der Waals surface area contributed by atoms with Crippen molar-refractivity contribution in [1.29, 1.82) is 0 Å². The molecule has 2 amide bonds. The first kappa shape index (κ1) is 17.1. The van der Waals surface area contributed by atoms with Crippen LogP contribution in [0.1, 0.15) is 51.1 Å². The second-order valence-corrected chi connectivity index (χ2v) is 6.86. The van der Waals surface area contributed by atoms with E-state index in [2.05, 4.69) is 24.1 Å². The van der Waals surface area contributed by atoms with Crippen LogP contribution in [0.5, 0.6) is 0 Å². The topological polar surface area (TPSA) is 62.3 Å². The van der Waals surface area contributed by atoms with Crippen LogP contribution in [-0.2, 0) is 0 Å². The lowest BCUT2D eigenvalue weighted by Crippen LogP contribution is -2.21. The van der Waals surface area contributed by atoms with E-state index in [1.807, 2.05) is 12.1 Å². The average molecular weight is 331 g/mol. The maximum Gasteiger partial charge on any atom is 0.265 e. The number of anilines is 1. The van der Waals surface area contributed by atoms with Gasteiger partial charge in [-0.05, 0) is 30.5 Å². The molecular formula is C17H21N3O2S. The molecule has 0 spiro atoms. The normalized spacial score (nSPS) is 10.7. The zero-order chi connectivity index (χ0) is 17.1. The molecule has 0 fully saturated rings. The number of nitrogens with zero attached hydrogens (tertiary/aromatic N) is 2. The molecule has 1 aromatic carbocycles. The molecule has 2 rings (SSSR count). The van der Waals surface area contributed by atoms with E-state index in [-0.39, 0.29) is 11.8 Å². The van der Waals surface area contributed by atoms with Gasteiger partial charge in [0.05, 0.1) is 5.69 Å². The molecule has 122 valence electrons. The number of aromatic nitrogens is 1. The van der Waals surface area contributed by atoms with Gasteiger partial charge in [0.15, 0.2) is 5.13 Å². The number of hydrogen-bond acceptors (Lipinski definition) is 4. The van der Waals surface area contributed by atoms with Crippen LogP contribution in [0.25, 0.3) is 0 Å². The van der Waals surface area contributed by atoms with Gasteiger partial charge in [-0.2, -0.15) is 0 Å². The molecule has 0 aliphatic heterocycles. The molecule has 5 nitrogen and oxygen atoms in total. The first-order valence-electron chi connectivity index (χ1n) is 7.40. The summed E-state index contributed by atoms with van der Waals surface area (Å²) in [4.78, 5) is 30.6. The summed E-state index contributed by atoms with van der Waals surface area (Å²) in [7, 11) is 3.38. The zero-order valence-electron chi connectivity index (χ0n) is 14.0. The molecule has 1 aromatic heterocycles. The largest absolute Gasteiger partial charge is 0.344 e. The summed E-state index contributed by atoms with van der Waals surface area (Å²) in [5, 5.41) is 3.20. The highest BCUT2D eigenvalue weighted by Gasteiger charge is 2.18. The quantitative estimate of drug-likeness (QED) is 0.932. The number of nitrogens with one attached hydrogen (secondary N) is 1. The predicted molar refractivity (Wildman–Crippen MR) is 93.4 cm³/mol. The van der Waals surface area contributed by atoms with Crippen LogP contribution in [0, 0.1) is 6.92 Å². The molecule has 0 unspecified atom stereocenters. The first-order chi connectivity index (χ1) is 10.8. The van der Waals surface area contributed by atoms with Crippen LogP contribution >= 0.6 is 11.3 Å². The van der Waals surface area contributed by atoms with Gasteiger partial charge in [0.25, 0.3) is 11.8 Å². The Morgan fingerprint density at radius 3 is 2.30 bits per heavy atom. The van der Waals surface area contributed by atoms with Gasteiger partial charge in [0, 0.05) is 19.7 Å². The monoisotopic (exact) mass is 331 g/mol. The van der Waals surface area contributed by atoms with Gasteiger partial charge in [0.2, 0.25) is 0 Å². The Labute approximate surface area is 140 Å². The molecule has 0 saturated heterocycles. The Morgan fingerprint density at radius 2 is 1.78 bits per heavy atom. The molecule has 1 N–H and O–H groups in total. The van der Waals surface area contributed by atoms with Crippen molar-refractivity contribution in [3.8, 4) is 0 Å². The van der Waals surface area contributed by atoms with Crippen molar-refractivity contribution in [3.05, 3.63) is 46.0 Å². The highest BCUT2D eigenvalue weighted by molar-refractivity contribution is 7.17. The summed E-state index contributed by atoms with van der Waals surface area (Å²) in [5.74, 6) is 0.0908. The lowest BCUT2D eigenvalue weighted by molar-refractivity contribution is 0.0831. The van der Waals surface area contributed by atoms with Crippen LogP contribution in [0.2, 0.25) is 0 Å². The number of rotatable bonds is 4. The second-order valence-electron chi connectivity index (χ2n) is 5.86. The Balaban J connectivity index is 2.14. The van der Waals surface area contributed by atoms with Gasteiger partial charge in [-0.25, -0.2) is 4.98 Å². The van der Waals surface area contributed by atoms with E-state index in [1.165, 1.54) is 21.8 Å². The molecule has 0 atom stereocenters. The molecular weight excluding hydrogens is 310 g/mol. The van der Waals surface area contributed by atoms with Crippen molar-refractivity contribution in [2.45, 2.75) is 26.7 Å². The number of hydrogen-bond donors (Lipinski definition) is 1. The summed E-state index contributed by atoms with van der Waals surface area (Å²) in [6, 6.07) is 7.51. The van der Waals surface area contributed by atoms with Crippen LogP contribution < -0.4 is 5.32 Å². The first-order valence-corrected chi connectivity index (χ1v) is 8.21. The number of benzene rings is 1. The highest BCUT2D eigenvalue weighted by atomic mass is 32.1. The van der Waals surface area contributed by atoms with Crippen molar-refractivity contribution < 1.29 is 9.59 Å². The molecule has 0 saturated carbocycles. The number of carbonyl (C=O) groups is 2. The Hall–Kier alpha value is -2.21. The van der Waals surface area contributed by atoms with E-state index >= 15 is 0 Å². The fourth-order valence-electron chi connectivity index (χ4n) is 2.04. The standard InChI is InChI=1S/C17H21N3O2S/c1-10(2)12-6-8-13(9-7-12)15(21)19-17-18-11(3)14(23-17)16(22)20(4)5/h6-10H,1-5H3,(H,18,19,21). The summed E-state index contributed by atoms with van der Waals surface area (Å²) in [5.41, 5.74) is 2.38. The van der Waals surface area contributed by atoms with Crippen molar-refractivity contribution in [3.63, 3.8) is 0 Å². The number of aryl methyl sites for hydroxylation is 1. The van der Waals surface area contributed by atoms with Crippen molar-refractivity contribution >= 4 is 28.3 Å². The Bertz CT molecular complexity index is 718. The lowest BCUT2D eigenvalue weighted by Gasteiger charge is -2.08. The van der Waals surface area contributed by atoms with Gasteiger partial charge < -0.3 is 4.90 Å². The van der Waals surface area contributed by atoms with E-state index in [1.54, 1.807) is 33.2 Å².